The lowest BCUT2D eigenvalue weighted by Crippen LogP contribution is -2.40. The van der Waals surface area contributed by atoms with Crippen LogP contribution in [0.3, 0.4) is 0 Å². The maximum absolute atomic E-state index is 12.9. The van der Waals surface area contributed by atoms with Crippen molar-refractivity contribution in [3.8, 4) is 0 Å². The highest BCUT2D eigenvalue weighted by Crippen LogP contribution is 2.31. The fraction of sp³-hybridized carbons (Fsp3) is 0.360. The summed E-state index contributed by atoms with van der Waals surface area (Å²) in [5.74, 6) is 0.764. The predicted octanol–water partition coefficient (Wildman–Crippen LogP) is 4.96. The van der Waals surface area contributed by atoms with Gasteiger partial charge in [0.2, 0.25) is 11.9 Å². The molecule has 2 aromatic carbocycles. The van der Waals surface area contributed by atoms with Gasteiger partial charge in [-0.2, -0.15) is 0 Å². The van der Waals surface area contributed by atoms with Crippen LogP contribution in [0.25, 0.3) is 21.3 Å². The molecule has 182 valence electrons. The van der Waals surface area contributed by atoms with Crippen molar-refractivity contribution >= 4 is 67.1 Å². The zero-order valence-electron chi connectivity index (χ0n) is 19.8. The Bertz CT molecular complexity index is 1420. The van der Waals surface area contributed by atoms with Crippen LogP contribution in [-0.4, -0.2) is 51.4 Å². The normalized spacial score (nSPS) is 18.1. The zero-order chi connectivity index (χ0) is 24.7. The summed E-state index contributed by atoms with van der Waals surface area (Å²) in [5, 5.41) is 7.83. The number of imidazole rings is 1. The van der Waals surface area contributed by atoms with Crippen molar-refractivity contribution in [2.24, 2.45) is 13.0 Å². The molecule has 0 radical (unpaired) electrons. The Balaban J connectivity index is 1.28. The lowest BCUT2D eigenvalue weighted by atomic mass is 9.85. The molecular formula is C25H27ClN6O2S. The van der Waals surface area contributed by atoms with Crippen molar-refractivity contribution in [3.63, 3.8) is 0 Å². The Hall–Kier alpha value is -3.17. The predicted molar refractivity (Wildman–Crippen MR) is 141 cm³/mol. The van der Waals surface area contributed by atoms with Gasteiger partial charge in [-0.1, -0.05) is 22.9 Å². The van der Waals surface area contributed by atoms with Gasteiger partial charge in [-0.05, 0) is 62.1 Å². The number of benzene rings is 2. The molecule has 0 saturated heterocycles. The van der Waals surface area contributed by atoms with Crippen molar-refractivity contribution in [3.05, 3.63) is 47.0 Å². The first-order valence-corrected chi connectivity index (χ1v) is 12.8. The topological polar surface area (TPSA) is 92.2 Å². The van der Waals surface area contributed by atoms with Crippen molar-refractivity contribution in [1.29, 1.82) is 0 Å². The summed E-state index contributed by atoms with van der Waals surface area (Å²) in [4.78, 5) is 36.1. The minimum Gasteiger partial charge on any atom is -0.349 e. The number of aryl methyl sites for hydroxylation is 1. The molecule has 1 aliphatic rings. The van der Waals surface area contributed by atoms with Crippen LogP contribution in [0.4, 0.5) is 11.1 Å². The van der Waals surface area contributed by atoms with Gasteiger partial charge in [-0.25, -0.2) is 9.97 Å². The summed E-state index contributed by atoms with van der Waals surface area (Å²) in [6.45, 7) is 0. The highest BCUT2D eigenvalue weighted by atomic mass is 35.5. The van der Waals surface area contributed by atoms with E-state index in [9.17, 15) is 9.59 Å². The SMILES string of the molecule is CN(C)C(=O)[C@H]1CC[C@H](NC(=O)c2ccc3c(c2)nc(Nc2nc4ccc(Cl)cc4s2)n3C)CC1. The molecule has 5 rings (SSSR count). The maximum Gasteiger partial charge on any atom is 0.251 e. The molecule has 10 heteroatoms. The molecule has 2 amide bonds. The van der Waals surface area contributed by atoms with Crippen LogP contribution >= 0.6 is 22.9 Å². The highest BCUT2D eigenvalue weighted by Gasteiger charge is 2.28. The molecule has 2 N–H and O–H groups in total. The average Bonchev–Trinajstić information content (AvgIpc) is 3.38. The number of rotatable bonds is 5. The molecule has 1 saturated carbocycles. The number of carbonyl (C=O) groups is 2. The first-order chi connectivity index (χ1) is 16.8. The van der Waals surface area contributed by atoms with E-state index in [1.54, 1.807) is 19.0 Å². The number of nitrogens with one attached hydrogen (secondary N) is 2. The lowest BCUT2D eigenvalue weighted by Gasteiger charge is -2.29. The monoisotopic (exact) mass is 510 g/mol. The quantitative estimate of drug-likeness (QED) is 0.396. The number of aromatic nitrogens is 3. The Morgan fingerprint density at radius 3 is 2.57 bits per heavy atom. The zero-order valence-corrected chi connectivity index (χ0v) is 21.4. The summed E-state index contributed by atoms with van der Waals surface area (Å²) in [6, 6.07) is 11.2. The number of halogens is 1. The number of carbonyl (C=O) groups excluding carboxylic acids is 2. The number of hydrogen-bond donors (Lipinski definition) is 2. The Labute approximate surface area is 212 Å². The van der Waals surface area contributed by atoms with Crippen LogP contribution in [0.5, 0.6) is 0 Å². The number of anilines is 2. The number of fused-ring (bicyclic) bond motifs is 2. The minimum absolute atomic E-state index is 0.0568. The second-order valence-corrected chi connectivity index (χ2v) is 10.7. The van der Waals surface area contributed by atoms with Gasteiger partial charge in [0.05, 0.1) is 21.3 Å². The van der Waals surface area contributed by atoms with E-state index in [0.29, 0.717) is 16.5 Å². The molecule has 4 aromatic rings. The van der Waals surface area contributed by atoms with Gasteiger partial charge in [0.1, 0.15) is 0 Å². The fourth-order valence-corrected chi connectivity index (χ4v) is 5.75. The van der Waals surface area contributed by atoms with E-state index in [2.05, 4.69) is 15.6 Å². The standard InChI is InChI=1S/C25H27ClN6O2S/c1-31(2)23(34)14-4-8-17(9-5-14)27-22(33)15-6-11-20-19(12-15)28-24(32(20)3)30-25-29-18-10-7-16(26)13-21(18)35-25/h6-7,10-14,17H,4-5,8-9H2,1-3H3,(H,27,33)(H,28,29,30)/t14-,17-. The van der Waals surface area contributed by atoms with Gasteiger partial charge < -0.3 is 20.1 Å². The van der Waals surface area contributed by atoms with E-state index in [-0.39, 0.29) is 23.8 Å². The molecule has 2 heterocycles. The van der Waals surface area contributed by atoms with Crippen molar-refractivity contribution in [2.75, 3.05) is 19.4 Å². The first-order valence-electron chi connectivity index (χ1n) is 11.6. The molecule has 0 aliphatic heterocycles. The minimum atomic E-state index is -0.113. The van der Waals surface area contributed by atoms with Crippen LogP contribution in [0.15, 0.2) is 36.4 Å². The summed E-state index contributed by atoms with van der Waals surface area (Å²) >= 11 is 7.60. The summed E-state index contributed by atoms with van der Waals surface area (Å²) in [7, 11) is 5.51. The second-order valence-electron chi connectivity index (χ2n) is 9.21. The second kappa shape index (κ2) is 9.47. The molecule has 1 fully saturated rings. The third kappa shape index (κ3) is 4.83. The van der Waals surface area contributed by atoms with Crippen molar-refractivity contribution in [1.82, 2.24) is 24.8 Å². The van der Waals surface area contributed by atoms with Crippen LogP contribution in [-0.2, 0) is 11.8 Å². The smallest absolute Gasteiger partial charge is 0.251 e. The van der Waals surface area contributed by atoms with Gasteiger partial charge in [0, 0.05) is 43.7 Å². The van der Waals surface area contributed by atoms with E-state index in [4.69, 9.17) is 16.6 Å². The van der Waals surface area contributed by atoms with E-state index >= 15 is 0 Å². The fourth-order valence-electron chi connectivity index (χ4n) is 4.62. The summed E-state index contributed by atoms with van der Waals surface area (Å²) < 4.78 is 2.94. The molecule has 35 heavy (non-hydrogen) atoms. The van der Waals surface area contributed by atoms with E-state index in [0.717, 1.165) is 52.1 Å². The highest BCUT2D eigenvalue weighted by molar-refractivity contribution is 7.22. The maximum atomic E-state index is 12.9. The van der Waals surface area contributed by atoms with Crippen LogP contribution in [0.1, 0.15) is 36.0 Å². The van der Waals surface area contributed by atoms with Gasteiger partial charge in [0.15, 0.2) is 5.13 Å². The van der Waals surface area contributed by atoms with Crippen molar-refractivity contribution < 1.29 is 9.59 Å². The molecule has 0 bridgehead atoms. The van der Waals surface area contributed by atoms with Crippen molar-refractivity contribution in [2.45, 2.75) is 31.7 Å². The molecular weight excluding hydrogens is 484 g/mol. The molecule has 1 aliphatic carbocycles. The Morgan fingerprint density at radius 1 is 1.06 bits per heavy atom. The van der Waals surface area contributed by atoms with Gasteiger partial charge in [-0.3, -0.25) is 9.59 Å². The summed E-state index contributed by atoms with van der Waals surface area (Å²) in [6.07, 6.45) is 3.22. The molecule has 0 spiro atoms. The summed E-state index contributed by atoms with van der Waals surface area (Å²) in [5.41, 5.74) is 3.09. The third-order valence-electron chi connectivity index (χ3n) is 6.56. The van der Waals surface area contributed by atoms with E-state index in [1.165, 1.54) is 11.3 Å². The number of nitrogens with zero attached hydrogens (tertiary/aromatic N) is 4. The van der Waals surface area contributed by atoms with E-state index < -0.39 is 0 Å². The van der Waals surface area contributed by atoms with Crippen LogP contribution in [0, 0.1) is 5.92 Å². The van der Waals surface area contributed by atoms with Gasteiger partial charge in [-0.15, -0.1) is 0 Å². The number of thiazole rings is 1. The van der Waals surface area contributed by atoms with Crippen LogP contribution < -0.4 is 10.6 Å². The largest absolute Gasteiger partial charge is 0.349 e. The Kier molecular flexibility index (Phi) is 6.37. The molecule has 2 aromatic heterocycles. The van der Waals surface area contributed by atoms with Gasteiger partial charge in [0.25, 0.3) is 5.91 Å². The molecule has 0 atom stereocenters. The molecule has 8 nitrogen and oxygen atoms in total. The first kappa shape index (κ1) is 23.6. The Morgan fingerprint density at radius 2 is 1.83 bits per heavy atom. The molecule has 0 unspecified atom stereocenters. The van der Waals surface area contributed by atoms with E-state index in [1.807, 2.05) is 48.0 Å². The number of hydrogen-bond acceptors (Lipinski definition) is 6. The average molecular weight is 511 g/mol. The van der Waals surface area contributed by atoms with Gasteiger partial charge >= 0.3 is 0 Å². The number of amides is 2. The third-order valence-corrected chi connectivity index (χ3v) is 7.73. The lowest BCUT2D eigenvalue weighted by molar-refractivity contribution is -0.134. The van der Waals surface area contributed by atoms with Crippen LogP contribution in [0.2, 0.25) is 5.02 Å².